The Morgan fingerprint density at radius 2 is 1.93 bits per heavy atom. The standard InChI is InChI=1S/C21H25ClN6O/c22-16-5-3-15(4-6-16)2-1-13-28(20(29)21(23)8-11-24-12-9-21)19-17-7-10-25-18(17)26-14-27-19/h3-7,10,14,24H,1-2,8-9,11-13,23H2,(H,25,26,27). The third-order valence-corrected chi connectivity index (χ3v) is 5.77. The van der Waals surface area contributed by atoms with E-state index in [1.807, 2.05) is 36.5 Å². The van der Waals surface area contributed by atoms with Crippen LogP contribution in [-0.4, -0.2) is 46.0 Å². The molecule has 1 aromatic carbocycles. The predicted octanol–water partition coefficient (Wildman–Crippen LogP) is 2.66. The molecule has 0 aliphatic carbocycles. The molecular formula is C21H25ClN6O. The smallest absolute Gasteiger partial charge is 0.248 e. The molecule has 0 atom stereocenters. The van der Waals surface area contributed by atoms with Gasteiger partial charge in [-0.3, -0.25) is 9.69 Å². The number of nitrogens with one attached hydrogen (secondary N) is 2. The van der Waals surface area contributed by atoms with Crippen LogP contribution in [0.15, 0.2) is 42.9 Å². The summed E-state index contributed by atoms with van der Waals surface area (Å²) in [7, 11) is 0. The highest BCUT2D eigenvalue weighted by molar-refractivity contribution is 6.30. The number of amides is 1. The number of halogens is 1. The van der Waals surface area contributed by atoms with E-state index in [9.17, 15) is 4.79 Å². The molecule has 29 heavy (non-hydrogen) atoms. The Bertz CT molecular complexity index is 980. The second-order valence-electron chi connectivity index (χ2n) is 7.53. The molecule has 152 valence electrons. The minimum Gasteiger partial charge on any atom is -0.346 e. The number of benzene rings is 1. The number of nitrogens with two attached hydrogens (primary N) is 1. The van der Waals surface area contributed by atoms with Crippen LogP contribution in [0.1, 0.15) is 24.8 Å². The molecule has 4 N–H and O–H groups in total. The van der Waals surface area contributed by atoms with E-state index in [1.54, 1.807) is 4.90 Å². The van der Waals surface area contributed by atoms with Crippen molar-refractivity contribution in [3.05, 3.63) is 53.4 Å². The molecule has 4 rings (SSSR count). The fourth-order valence-corrected chi connectivity index (χ4v) is 3.95. The van der Waals surface area contributed by atoms with Crippen molar-refractivity contribution in [3.8, 4) is 0 Å². The van der Waals surface area contributed by atoms with Crippen molar-refractivity contribution in [2.24, 2.45) is 5.73 Å². The first-order valence-corrected chi connectivity index (χ1v) is 10.3. The van der Waals surface area contributed by atoms with E-state index in [2.05, 4.69) is 20.3 Å². The molecule has 8 heteroatoms. The Morgan fingerprint density at radius 1 is 1.17 bits per heavy atom. The summed E-state index contributed by atoms with van der Waals surface area (Å²) in [6, 6.07) is 9.70. The lowest BCUT2D eigenvalue weighted by Gasteiger charge is -2.37. The molecule has 1 amide bonds. The molecule has 1 aliphatic heterocycles. The van der Waals surface area contributed by atoms with Gasteiger partial charge >= 0.3 is 0 Å². The average molecular weight is 413 g/mol. The van der Waals surface area contributed by atoms with Gasteiger partial charge < -0.3 is 16.0 Å². The lowest BCUT2D eigenvalue weighted by atomic mass is 9.87. The lowest BCUT2D eigenvalue weighted by Crippen LogP contribution is -2.60. The maximum atomic E-state index is 13.6. The van der Waals surface area contributed by atoms with Crippen LogP contribution in [0.5, 0.6) is 0 Å². The van der Waals surface area contributed by atoms with Crippen LogP contribution in [0.2, 0.25) is 5.02 Å². The summed E-state index contributed by atoms with van der Waals surface area (Å²) in [6.45, 7) is 2.01. The van der Waals surface area contributed by atoms with Crippen molar-refractivity contribution in [1.29, 1.82) is 0 Å². The fourth-order valence-electron chi connectivity index (χ4n) is 3.83. The zero-order valence-electron chi connectivity index (χ0n) is 16.2. The van der Waals surface area contributed by atoms with E-state index < -0.39 is 5.54 Å². The normalized spacial score (nSPS) is 16.1. The van der Waals surface area contributed by atoms with Gasteiger partial charge in [0.05, 0.1) is 10.9 Å². The second kappa shape index (κ2) is 8.49. The van der Waals surface area contributed by atoms with Crippen LogP contribution < -0.4 is 16.0 Å². The van der Waals surface area contributed by atoms with Gasteiger partial charge in [-0.15, -0.1) is 0 Å². The highest BCUT2D eigenvalue weighted by Gasteiger charge is 2.39. The first-order valence-electron chi connectivity index (χ1n) is 9.91. The van der Waals surface area contributed by atoms with Gasteiger partial charge in [0.2, 0.25) is 5.91 Å². The number of aromatic amines is 1. The number of hydrogen-bond donors (Lipinski definition) is 3. The first-order chi connectivity index (χ1) is 14.1. The van der Waals surface area contributed by atoms with Crippen LogP contribution in [0.3, 0.4) is 0 Å². The van der Waals surface area contributed by atoms with Gasteiger partial charge in [0.1, 0.15) is 17.8 Å². The predicted molar refractivity (Wildman–Crippen MR) is 115 cm³/mol. The van der Waals surface area contributed by atoms with Crippen molar-refractivity contribution in [1.82, 2.24) is 20.3 Å². The van der Waals surface area contributed by atoms with Gasteiger partial charge in [-0.25, -0.2) is 9.97 Å². The van der Waals surface area contributed by atoms with Gasteiger partial charge in [-0.05, 0) is 62.5 Å². The Kier molecular flexibility index (Phi) is 5.80. The number of carbonyl (C=O) groups is 1. The van der Waals surface area contributed by atoms with Crippen LogP contribution in [-0.2, 0) is 11.2 Å². The highest BCUT2D eigenvalue weighted by atomic mass is 35.5. The van der Waals surface area contributed by atoms with Crippen molar-refractivity contribution in [2.75, 3.05) is 24.5 Å². The van der Waals surface area contributed by atoms with E-state index in [1.165, 1.54) is 11.9 Å². The summed E-state index contributed by atoms with van der Waals surface area (Å²) in [4.78, 5) is 27.1. The number of piperidine rings is 1. The van der Waals surface area contributed by atoms with Gasteiger partial charge in [-0.1, -0.05) is 23.7 Å². The lowest BCUT2D eigenvalue weighted by molar-refractivity contribution is -0.124. The van der Waals surface area contributed by atoms with Crippen LogP contribution in [0.4, 0.5) is 5.82 Å². The molecule has 0 saturated carbocycles. The molecule has 1 fully saturated rings. The zero-order valence-corrected chi connectivity index (χ0v) is 17.0. The van der Waals surface area contributed by atoms with Gasteiger partial charge in [0.15, 0.2) is 0 Å². The molecule has 7 nitrogen and oxygen atoms in total. The molecule has 0 spiro atoms. The third-order valence-electron chi connectivity index (χ3n) is 5.52. The fraction of sp³-hybridized carbons (Fsp3) is 0.381. The van der Waals surface area contributed by atoms with Gasteiger partial charge in [0.25, 0.3) is 0 Å². The van der Waals surface area contributed by atoms with E-state index in [0.29, 0.717) is 30.9 Å². The number of hydrogen-bond acceptors (Lipinski definition) is 5. The number of fused-ring (bicyclic) bond motifs is 1. The molecule has 3 heterocycles. The maximum Gasteiger partial charge on any atom is 0.248 e. The zero-order chi connectivity index (χ0) is 20.3. The summed E-state index contributed by atoms with van der Waals surface area (Å²) in [5.41, 5.74) is 7.58. The minimum absolute atomic E-state index is 0.0729. The monoisotopic (exact) mass is 412 g/mol. The number of nitrogens with zero attached hydrogens (tertiary/aromatic N) is 3. The quantitative estimate of drug-likeness (QED) is 0.578. The van der Waals surface area contributed by atoms with E-state index >= 15 is 0 Å². The van der Waals surface area contributed by atoms with Crippen molar-refractivity contribution < 1.29 is 4.79 Å². The molecule has 0 bridgehead atoms. The van der Waals surface area contributed by atoms with Gasteiger partial charge in [0, 0.05) is 17.8 Å². The molecule has 2 aromatic heterocycles. The van der Waals surface area contributed by atoms with Crippen molar-refractivity contribution >= 4 is 34.4 Å². The molecule has 0 unspecified atom stereocenters. The number of anilines is 1. The number of rotatable bonds is 6. The van der Waals surface area contributed by atoms with E-state index in [4.69, 9.17) is 17.3 Å². The third kappa shape index (κ3) is 4.27. The number of aromatic nitrogens is 3. The summed E-state index contributed by atoms with van der Waals surface area (Å²) in [5.74, 6) is 0.539. The molecule has 0 radical (unpaired) electrons. The van der Waals surface area contributed by atoms with Crippen molar-refractivity contribution in [3.63, 3.8) is 0 Å². The summed E-state index contributed by atoms with van der Waals surface area (Å²) < 4.78 is 0. The Labute approximate surface area is 174 Å². The van der Waals surface area contributed by atoms with E-state index in [0.717, 1.165) is 36.3 Å². The topological polar surface area (TPSA) is 99.9 Å². The first kappa shape index (κ1) is 19.8. The SMILES string of the molecule is NC1(C(=O)N(CCCc2ccc(Cl)cc2)c2ncnc3[nH]ccc23)CCNCC1. The largest absolute Gasteiger partial charge is 0.346 e. The van der Waals surface area contributed by atoms with E-state index in [-0.39, 0.29) is 5.91 Å². The summed E-state index contributed by atoms with van der Waals surface area (Å²) in [5, 5.41) is 4.82. The highest BCUT2D eigenvalue weighted by Crippen LogP contribution is 2.27. The van der Waals surface area contributed by atoms with Crippen LogP contribution >= 0.6 is 11.6 Å². The van der Waals surface area contributed by atoms with Crippen LogP contribution in [0, 0.1) is 0 Å². The van der Waals surface area contributed by atoms with Crippen LogP contribution in [0.25, 0.3) is 11.0 Å². The van der Waals surface area contributed by atoms with Crippen molar-refractivity contribution in [2.45, 2.75) is 31.2 Å². The Balaban J connectivity index is 1.59. The molecule has 1 aliphatic rings. The second-order valence-corrected chi connectivity index (χ2v) is 7.97. The number of carbonyl (C=O) groups excluding carboxylic acids is 1. The maximum absolute atomic E-state index is 13.6. The minimum atomic E-state index is -0.876. The Morgan fingerprint density at radius 3 is 2.69 bits per heavy atom. The molecular weight excluding hydrogens is 388 g/mol. The van der Waals surface area contributed by atoms with Gasteiger partial charge in [-0.2, -0.15) is 0 Å². The number of H-pyrrole nitrogens is 1. The molecule has 1 saturated heterocycles. The number of aryl methyl sites for hydroxylation is 1. The summed E-state index contributed by atoms with van der Waals surface area (Å²) in [6.07, 6.45) is 6.14. The summed E-state index contributed by atoms with van der Waals surface area (Å²) >= 11 is 5.97. The Hall–Kier alpha value is -2.48. The molecule has 3 aromatic rings. The average Bonchev–Trinajstić information content (AvgIpc) is 3.22.